The van der Waals surface area contributed by atoms with Gasteiger partial charge in [0.05, 0.1) is 15.9 Å². The van der Waals surface area contributed by atoms with Crippen LogP contribution in [0.3, 0.4) is 0 Å². The third kappa shape index (κ3) is 2.94. The van der Waals surface area contributed by atoms with Crippen LogP contribution in [0.4, 0.5) is 0 Å². The molecule has 2 heterocycles. The standard InChI is InChI=1S/C15H13Br2ClN4OS/c1-6-19-11-8(17)5-7(16)10(18)9(11)12(23)22(6)14-21-20-13(24-14)15(2,3)4/h5H,1-4H3. The van der Waals surface area contributed by atoms with E-state index in [4.69, 9.17) is 11.6 Å². The summed E-state index contributed by atoms with van der Waals surface area (Å²) in [6.07, 6.45) is 0. The van der Waals surface area contributed by atoms with Crippen LogP contribution in [0.5, 0.6) is 0 Å². The maximum atomic E-state index is 13.1. The summed E-state index contributed by atoms with van der Waals surface area (Å²) >= 11 is 14.5. The number of hydrogen-bond acceptors (Lipinski definition) is 5. The van der Waals surface area contributed by atoms with Crippen LogP contribution >= 0.6 is 54.8 Å². The molecule has 9 heteroatoms. The lowest BCUT2D eigenvalue weighted by molar-refractivity contribution is 0.578. The molecular weight excluding hydrogens is 480 g/mol. The van der Waals surface area contributed by atoms with Gasteiger partial charge in [0.1, 0.15) is 10.8 Å². The second-order valence-corrected chi connectivity index (χ2v) is 9.36. The highest BCUT2D eigenvalue weighted by Crippen LogP contribution is 2.34. The van der Waals surface area contributed by atoms with Crippen LogP contribution in [-0.4, -0.2) is 19.7 Å². The summed E-state index contributed by atoms with van der Waals surface area (Å²) < 4.78 is 2.79. The molecule has 0 N–H and O–H groups in total. The molecule has 2 aromatic heterocycles. The van der Waals surface area contributed by atoms with Crippen LogP contribution in [0.15, 0.2) is 19.8 Å². The minimum atomic E-state index is -0.263. The van der Waals surface area contributed by atoms with Gasteiger partial charge in [0.2, 0.25) is 5.13 Å². The van der Waals surface area contributed by atoms with Crippen LogP contribution in [0.2, 0.25) is 5.02 Å². The first-order valence-electron chi connectivity index (χ1n) is 7.02. The van der Waals surface area contributed by atoms with Crippen molar-refractivity contribution < 1.29 is 0 Å². The quantitative estimate of drug-likeness (QED) is 0.448. The van der Waals surface area contributed by atoms with Crippen molar-refractivity contribution in [3.8, 4) is 5.13 Å². The molecule has 126 valence electrons. The summed E-state index contributed by atoms with van der Waals surface area (Å²) in [5.41, 5.74) is 0.130. The first-order chi connectivity index (χ1) is 11.1. The zero-order valence-corrected chi connectivity index (χ0v) is 18.1. The number of aromatic nitrogens is 4. The predicted octanol–water partition coefficient (Wildman–Crippen LogP) is 5.02. The van der Waals surface area contributed by atoms with Gasteiger partial charge >= 0.3 is 0 Å². The van der Waals surface area contributed by atoms with Gasteiger partial charge in [0, 0.05) is 14.4 Å². The number of benzene rings is 1. The Bertz CT molecular complexity index is 1020. The van der Waals surface area contributed by atoms with Crippen molar-refractivity contribution in [1.82, 2.24) is 19.7 Å². The van der Waals surface area contributed by atoms with Crippen molar-refractivity contribution in [3.63, 3.8) is 0 Å². The second-order valence-electron chi connectivity index (χ2n) is 6.32. The predicted molar refractivity (Wildman–Crippen MR) is 105 cm³/mol. The van der Waals surface area contributed by atoms with E-state index in [9.17, 15) is 4.79 Å². The minimum absolute atomic E-state index is 0.137. The molecule has 0 unspecified atom stereocenters. The lowest BCUT2D eigenvalue weighted by Gasteiger charge is -2.12. The zero-order valence-electron chi connectivity index (χ0n) is 13.3. The Morgan fingerprint density at radius 2 is 1.88 bits per heavy atom. The summed E-state index contributed by atoms with van der Waals surface area (Å²) in [5.74, 6) is 0.531. The Morgan fingerprint density at radius 3 is 2.46 bits per heavy atom. The maximum Gasteiger partial charge on any atom is 0.269 e. The van der Waals surface area contributed by atoms with Crippen molar-refractivity contribution >= 4 is 65.7 Å². The summed E-state index contributed by atoms with van der Waals surface area (Å²) in [6.45, 7) is 7.92. The second kappa shape index (κ2) is 6.16. The molecule has 5 nitrogen and oxygen atoms in total. The molecule has 0 aliphatic carbocycles. The van der Waals surface area contributed by atoms with E-state index in [1.807, 2.05) is 0 Å². The van der Waals surface area contributed by atoms with Gasteiger partial charge in [0.15, 0.2) is 0 Å². The molecule has 0 spiro atoms. The van der Waals surface area contributed by atoms with Crippen molar-refractivity contribution in [2.24, 2.45) is 0 Å². The summed E-state index contributed by atoms with van der Waals surface area (Å²) in [5, 5.41) is 10.4. The largest absolute Gasteiger partial charge is 0.269 e. The normalized spacial score (nSPS) is 12.1. The third-order valence-electron chi connectivity index (χ3n) is 3.41. The molecule has 0 aliphatic heterocycles. The topological polar surface area (TPSA) is 60.7 Å². The van der Waals surface area contributed by atoms with E-state index >= 15 is 0 Å². The molecule has 0 radical (unpaired) electrons. The van der Waals surface area contributed by atoms with Crippen molar-refractivity contribution in [3.05, 3.63) is 41.2 Å². The molecule has 0 atom stereocenters. The van der Waals surface area contributed by atoms with Gasteiger partial charge in [-0.05, 0) is 44.8 Å². The molecular formula is C15H13Br2ClN4OS. The molecule has 3 aromatic rings. The molecule has 3 rings (SSSR count). The summed E-state index contributed by atoms with van der Waals surface area (Å²) in [7, 11) is 0. The number of halogens is 3. The van der Waals surface area contributed by atoms with E-state index in [0.717, 1.165) is 5.01 Å². The zero-order chi connectivity index (χ0) is 17.8. The molecule has 1 aromatic carbocycles. The lowest BCUT2D eigenvalue weighted by Crippen LogP contribution is -2.22. The highest BCUT2D eigenvalue weighted by molar-refractivity contribution is 9.11. The SMILES string of the molecule is Cc1nc2c(Br)cc(Br)c(Cl)c2c(=O)n1-c1nnc(C(C)(C)C)s1. The molecule has 0 aliphatic rings. The Hall–Kier alpha value is -0.830. The number of aryl methyl sites for hydroxylation is 1. The van der Waals surface area contributed by atoms with Crippen molar-refractivity contribution in [1.29, 1.82) is 0 Å². The molecule has 0 bridgehead atoms. The van der Waals surface area contributed by atoms with Gasteiger partial charge in [-0.25, -0.2) is 9.55 Å². The fraction of sp³-hybridized carbons (Fsp3) is 0.333. The van der Waals surface area contributed by atoms with Gasteiger partial charge in [-0.1, -0.05) is 43.7 Å². The average molecular weight is 493 g/mol. The lowest BCUT2D eigenvalue weighted by atomic mass is 9.98. The van der Waals surface area contributed by atoms with E-state index in [-0.39, 0.29) is 11.0 Å². The van der Waals surface area contributed by atoms with Crippen LogP contribution < -0.4 is 5.56 Å². The Morgan fingerprint density at radius 1 is 1.21 bits per heavy atom. The van der Waals surface area contributed by atoms with Crippen molar-refractivity contribution in [2.45, 2.75) is 33.1 Å². The van der Waals surface area contributed by atoms with E-state index in [2.05, 4.69) is 67.8 Å². The van der Waals surface area contributed by atoms with Crippen LogP contribution in [0, 0.1) is 6.92 Å². The highest BCUT2D eigenvalue weighted by Gasteiger charge is 2.23. The van der Waals surface area contributed by atoms with Gasteiger partial charge in [-0.2, -0.15) is 0 Å². The van der Waals surface area contributed by atoms with Crippen molar-refractivity contribution in [2.75, 3.05) is 0 Å². The van der Waals surface area contributed by atoms with E-state index in [0.29, 0.717) is 35.8 Å². The smallest absolute Gasteiger partial charge is 0.268 e. The van der Waals surface area contributed by atoms with Crippen LogP contribution in [0.1, 0.15) is 31.6 Å². The van der Waals surface area contributed by atoms with E-state index in [1.54, 1.807) is 13.0 Å². The Kier molecular flexibility index (Phi) is 4.61. The number of rotatable bonds is 1. The fourth-order valence-corrected chi connectivity index (χ4v) is 4.62. The van der Waals surface area contributed by atoms with Gasteiger partial charge in [-0.3, -0.25) is 4.79 Å². The third-order valence-corrected chi connectivity index (χ3v) is 6.59. The molecule has 0 amide bonds. The number of nitrogens with zero attached hydrogens (tertiary/aromatic N) is 4. The van der Waals surface area contributed by atoms with E-state index < -0.39 is 0 Å². The minimum Gasteiger partial charge on any atom is -0.268 e. The first-order valence-corrected chi connectivity index (χ1v) is 9.80. The van der Waals surface area contributed by atoms with E-state index in [1.165, 1.54) is 15.9 Å². The Balaban J connectivity index is 2.36. The van der Waals surface area contributed by atoms with Gasteiger partial charge < -0.3 is 0 Å². The summed E-state index contributed by atoms with van der Waals surface area (Å²) in [4.78, 5) is 17.6. The number of fused-ring (bicyclic) bond motifs is 1. The molecule has 0 saturated heterocycles. The van der Waals surface area contributed by atoms with Gasteiger partial charge in [0.25, 0.3) is 5.56 Å². The highest BCUT2D eigenvalue weighted by atomic mass is 79.9. The molecule has 24 heavy (non-hydrogen) atoms. The molecule has 0 fully saturated rings. The summed E-state index contributed by atoms with van der Waals surface area (Å²) in [6, 6.07) is 1.78. The Labute approximate surface area is 164 Å². The monoisotopic (exact) mass is 490 g/mol. The number of hydrogen-bond donors (Lipinski definition) is 0. The fourth-order valence-electron chi connectivity index (χ4n) is 2.20. The maximum absolute atomic E-state index is 13.1. The van der Waals surface area contributed by atoms with Crippen LogP contribution in [0.25, 0.3) is 16.0 Å². The average Bonchev–Trinajstić information content (AvgIpc) is 2.94. The van der Waals surface area contributed by atoms with Crippen LogP contribution in [-0.2, 0) is 5.41 Å². The van der Waals surface area contributed by atoms with Gasteiger partial charge in [-0.15, -0.1) is 10.2 Å². The first kappa shape index (κ1) is 18.0. The molecule has 0 saturated carbocycles.